The fraction of sp³-hybridized carbons (Fsp3) is 0.440. The highest BCUT2D eigenvalue weighted by Gasteiger charge is 2.34. The molecule has 0 unspecified atom stereocenters. The van der Waals surface area contributed by atoms with Crippen LogP contribution in [0.2, 0.25) is 5.02 Å². The first-order chi connectivity index (χ1) is 16.6. The number of anilines is 1. The van der Waals surface area contributed by atoms with Crippen LogP contribution in [-0.2, 0) is 16.0 Å². The van der Waals surface area contributed by atoms with Gasteiger partial charge in [0.05, 0.1) is 25.0 Å². The fourth-order valence-corrected chi connectivity index (χ4v) is 4.50. The number of aromatic nitrogens is 1. The number of nitrogens with zero attached hydrogens (tertiary/aromatic N) is 3. The molecule has 1 aliphatic heterocycles. The van der Waals surface area contributed by atoms with Crippen LogP contribution in [-0.4, -0.2) is 66.8 Å². The molecule has 3 N–H and O–H groups in total. The van der Waals surface area contributed by atoms with Gasteiger partial charge in [-0.2, -0.15) is 0 Å². The summed E-state index contributed by atoms with van der Waals surface area (Å²) in [5.74, 6) is -1.95. The number of carbonyl (C=O) groups is 3. The molecule has 3 amide bonds. The van der Waals surface area contributed by atoms with Gasteiger partial charge in [-0.15, -0.1) is 0 Å². The molecule has 35 heavy (non-hydrogen) atoms. The molecular formula is C25H32ClN5O4. The molecule has 1 aromatic carbocycles. The third-order valence-electron chi connectivity index (χ3n) is 6.13. The Bertz CT molecular complexity index is 1110. The summed E-state index contributed by atoms with van der Waals surface area (Å²) in [7, 11) is 5.38. The highest BCUT2D eigenvalue weighted by molar-refractivity contribution is 6.39. The molecule has 9 nitrogen and oxygen atoms in total. The number of likely N-dealkylation sites (tertiary alicyclic amines) is 1. The van der Waals surface area contributed by atoms with Crippen LogP contribution in [0.3, 0.4) is 0 Å². The summed E-state index contributed by atoms with van der Waals surface area (Å²) in [5, 5.41) is 3.19. The molecule has 1 fully saturated rings. The fourth-order valence-electron chi connectivity index (χ4n) is 4.22. The van der Waals surface area contributed by atoms with Crippen molar-refractivity contribution in [1.29, 1.82) is 0 Å². The summed E-state index contributed by atoms with van der Waals surface area (Å²) >= 11 is 6.57. The van der Waals surface area contributed by atoms with Crippen LogP contribution in [0.25, 0.3) is 0 Å². The SMILES string of the molecule is COc1ncc(NC(=O)C(=O)N2C[C@@H](C)CC[C@@H]2c2ccc(CCN(C)C)c(Cl)c2)cc1C(N)=O. The number of rotatable bonds is 7. The molecule has 188 valence electrons. The third kappa shape index (κ3) is 6.49. The second-order valence-electron chi connectivity index (χ2n) is 9.16. The molecule has 0 spiro atoms. The summed E-state index contributed by atoms with van der Waals surface area (Å²) in [6, 6.07) is 6.96. The summed E-state index contributed by atoms with van der Waals surface area (Å²) in [6.07, 6.45) is 3.78. The Kier molecular flexibility index (Phi) is 8.69. The van der Waals surface area contributed by atoms with Gasteiger partial charge < -0.3 is 25.6 Å². The minimum Gasteiger partial charge on any atom is -0.480 e. The number of ether oxygens (including phenoxy) is 1. The van der Waals surface area contributed by atoms with E-state index in [2.05, 4.69) is 22.1 Å². The Morgan fingerprint density at radius 1 is 1.26 bits per heavy atom. The van der Waals surface area contributed by atoms with Crippen molar-refractivity contribution in [3.05, 3.63) is 52.2 Å². The molecule has 0 aliphatic carbocycles. The molecule has 1 saturated heterocycles. The second kappa shape index (κ2) is 11.5. The van der Waals surface area contributed by atoms with Gasteiger partial charge in [0.25, 0.3) is 5.91 Å². The van der Waals surface area contributed by atoms with Crippen LogP contribution < -0.4 is 15.8 Å². The van der Waals surface area contributed by atoms with Crippen molar-refractivity contribution in [1.82, 2.24) is 14.8 Å². The number of amides is 3. The van der Waals surface area contributed by atoms with Crippen LogP contribution >= 0.6 is 11.6 Å². The molecular weight excluding hydrogens is 470 g/mol. The minimum atomic E-state index is -0.819. The van der Waals surface area contributed by atoms with Gasteiger partial charge in [-0.25, -0.2) is 4.98 Å². The molecule has 2 heterocycles. The number of carbonyl (C=O) groups excluding carboxylic acids is 3. The molecule has 1 aliphatic rings. The quantitative estimate of drug-likeness (QED) is 0.563. The Morgan fingerprint density at radius 2 is 2.00 bits per heavy atom. The first-order valence-electron chi connectivity index (χ1n) is 11.5. The Hall–Kier alpha value is -3.17. The van der Waals surface area contributed by atoms with Gasteiger partial charge in [-0.05, 0) is 62.5 Å². The van der Waals surface area contributed by atoms with Gasteiger partial charge in [-0.3, -0.25) is 14.4 Å². The molecule has 3 rings (SSSR count). The summed E-state index contributed by atoms with van der Waals surface area (Å²) in [6.45, 7) is 3.38. The van der Waals surface area contributed by atoms with Crippen molar-refractivity contribution in [2.45, 2.75) is 32.2 Å². The number of hydrogen-bond donors (Lipinski definition) is 2. The van der Waals surface area contributed by atoms with Gasteiger partial charge in [0.2, 0.25) is 5.88 Å². The molecule has 2 aromatic rings. The van der Waals surface area contributed by atoms with E-state index in [0.717, 1.165) is 36.9 Å². The monoisotopic (exact) mass is 501 g/mol. The van der Waals surface area contributed by atoms with Crippen LogP contribution in [0.15, 0.2) is 30.5 Å². The highest BCUT2D eigenvalue weighted by Crippen LogP contribution is 2.35. The van der Waals surface area contributed by atoms with Crippen molar-refractivity contribution >= 4 is 35.0 Å². The van der Waals surface area contributed by atoms with Crippen molar-refractivity contribution in [2.75, 3.05) is 39.6 Å². The van der Waals surface area contributed by atoms with Gasteiger partial charge in [0.1, 0.15) is 5.56 Å². The number of pyridine rings is 1. The number of likely N-dealkylation sites (N-methyl/N-ethyl adjacent to an activating group) is 1. The van der Waals surface area contributed by atoms with E-state index in [4.69, 9.17) is 22.1 Å². The zero-order chi connectivity index (χ0) is 25.7. The molecule has 10 heteroatoms. The number of halogens is 1. The standard InChI is InChI=1S/C25H32ClN5O4/c1-15-5-8-21(17-7-6-16(20(26)11-17)9-10-30(2)3)31(14-15)25(34)23(33)29-18-12-19(22(27)32)24(35-4)28-13-18/h6-7,11-13,15,21H,5,8-10,14H2,1-4H3,(H2,27,32)(H,29,33)/t15-,21+/m0/s1. The summed E-state index contributed by atoms with van der Waals surface area (Å²) in [4.78, 5) is 45.5. The van der Waals surface area contributed by atoms with Crippen molar-refractivity contribution in [3.63, 3.8) is 0 Å². The van der Waals surface area contributed by atoms with Crippen LogP contribution in [0, 0.1) is 5.92 Å². The number of nitrogens with two attached hydrogens (primary N) is 1. The predicted octanol–water partition coefficient (Wildman–Crippen LogP) is 2.88. The molecule has 0 saturated carbocycles. The van der Waals surface area contributed by atoms with Crippen molar-refractivity contribution in [3.8, 4) is 5.88 Å². The number of hydrogen-bond acceptors (Lipinski definition) is 6. The lowest BCUT2D eigenvalue weighted by molar-refractivity contribution is -0.146. The van der Waals surface area contributed by atoms with E-state index in [1.54, 1.807) is 4.90 Å². The van der Waals surface area contributed by atoms with Crippen LogP contribution in [0.1, 0.15) is 47.3 Å². The number of benzene rings is 1. The van der Waals surface area contributed by atoms with E-state index >= 15 is 0 Å². The maximum Gasteiger partial charge on any atom is 0.313 e. The molecule has 0 radical (unpaired) electrons. The van der Waals surface area contributed by atoms with E-state index < -0.39 is 17.7 Å². The molecule has 2 atom stereocenters. The maximum absolute atomic E-state index is 13.2. The minimum absolute atomic E-state index is 0.00576. The Morgan fingerprint density at radius 3 is 2.63 bits per heavy atom. The average molecular weight is 502 g/mol. The number of piperidine rings is 1. The lowest BCUT2D eigenvalue weighted by Crippen LogP contribution is -2.46. The lowest BCUT2D eigenvalue weighted by Gasteiger charge is -2.38. The van der Waals surface area contributed by atoms with Crippen LogP contribution in [0.4, 0.5) is 5.69 Å². The molecule has 1 aromatic heterocycles. The van der Waals surface area contributed by atoms with Crippen LogP contribution in [0.5, 0.6) is 5.88 Å². The first-order valence-corrected chi connectivity index (χ1v) is 11.9. The average Bonchev–Trinajstić information content (AvgIpc) is 2.82. The van der Waals surface area contributed by atoms with Gasteiger partial charge in [0.15, 0.2) is 0 Å². The normalized spacial score (nSPS) is 17.8. The zero-order valence-electron chi connectivity index (χ0n) is 20.5. The van der Waals surface area contributed by atoms with E-state index in [1.807, 2.05) is 32.3 Å². The number of methoxy groups -OCH3 is 1. The summed E-state index contributed by atoms with van der Waals surface area (Å²) in [5.41, 5.74) is 7.48. The number of nitrogens with one attached hydrogen (secondary N) is 1. The van der Waals surface area contributed by atoms with Gasteiger partial charge in [-0.1, -0.05) is 30.7 Å². The maximum atomic E-state index is 13.2. The van der Waals surface area contributed by atoms with E-state index in [1.165, 1.54) is 19.4 Å². The van der Waals surface area contributed by atoms with Crippen molar-refractivity contribution < 1.29 is 19.1 Å². The Labute approximate surface area is 210 Å². The zero-order valence-corrected chi connectivity index (χ0v) is 21.3. The first kappa shape index (κ1) is 26.4. The lowest BCUT2D eigenvalue weighted by atomic mass is 9.89. The largest absolute Gasteiger partial charge is 0.480 e. The van der Waals surface area contributed by atoms with Gasteiger partial charge in [0, 0.05) is 18.1 Å². The topological polar surface area (TPSA) is 118 Å². The van der Waals surface area contributed by atoms with Gasteiger partial charge >= 0.3 is 11.8 Å². The van der Waals surface area contributed by atoms with Crippen molar-refractivity contribution in [2.24, 2.45) is 11.7 Å². The number of primary amides is 1. The van der Waals surface area contributed by atoms with E-state index in [9.17, 15) is 14.4 Å². The van der Waals surface area contributed by atoms with E-state index in [-0.39, 0.29) is 29.1 Å². The van der Waals surface area contributed by atoms with E-state index in [0.29, 0.717) is 11.6 Å². The predicted molar refractivity (Wildman–Crippen MR) is 134 cm³/mol. The summed E-state index contributed by atoms with van der Waals surface area (Å²) < 4.78 is 5.02. The second-order valence-corrected chi connectivity index (χ2v) is 9.57. The Balaban J connectivity index is 1.80. The molecule has 0 bridgehead atoms. The highest BCUT2D eigenvalue weighted by atomic mass is 35.5. The smallest absolute Gasteiger partial charge is 0.313 e. The third-order valence-corrected chi connectivity index (χ3v) is 6.48.